The minimum Gasteiger partial charge on any atom is -0.448 e. The number of carbonyl (C=O) groups excluding carboxylic acids is 2. The van der Waals surface area contributed by atoms with Crippen molar-refractivity contribution in [1.82, 2.24) is 0 Å². The molecule has 0 fully saturated rings. The number of amides is 1. The SMILES string of the molecule is Cc1cc(C)c(NC(=O)[C@@H](C)OC(=O)c2cc3c(s2)CCC3)c(C)c1. The average molecular weight is 357 g/mol. The molecule has 1 aromatic heterocycles. The molecule has 1 aromatic carbocycles. The van der Waals surface area contributed by atoms with Crippen LogP contribution < -0.4 is 5.32 Å². The van der Waals surface area contributed by atoms with Crippen molar-refractivity contribution in [3.8, 4) is 0 Å². The molecule has 0 saturated heterocycles. The topological polar surface area (TPSA) is 55.4 Å². The van der Waals surface area contributed by atoms with Gasteiger partial charge in [0.1, 0.15) is 4.88 Å². The highest BCUT2D eigenvalue weighted by Gasteiger charge is 2.24. The van der Waals surface area contributed by atoms with Crippen LogP contribution in [-0.2, 0) is 22.4 Å². The van der Waals surface area contributed by atoms with Gasteiger partial charge in [-0.15, -0.1) is 11.3 Å². The minimum atomic E-state index is -0.843. The summed E-state index contributed by atoms with van der Waals surface area (Å²) in [6, 6.07) is 5.95. The standard InChI is InChI=1S/C20H23NO3S/c1-11-8-12(2)18(13(3)9-11)21-19(22)14(4)24-20(23)17-10-15-6-5-7-16(15)25-17/h8-10,14H,5-7H2,1-4H3,(H,21,22)/t14-/m1/s1. The minimum absolute atomic E-state index is 0.312. The van der Waals surface area contributed by atoms with Crippen molar-refractivity contribution < 1.29 is 14.3 Å². The van der Waals surface area contributed by atoms with Gasteiger partial charge in [-0.05, 0) is 69.7 Å². The molecule has 1 amide bonds. The highest BCUT2D eigenvalue weighted by atomic mass is 32.1. The number of hydrogen-bond acceptors (Lipinski definition) is 4. The van der Waals surface area contributed by atoms with Gasteiger partial charge in [0.05, 0.1) is 0 Å². The van der Waals surface area contributed by atoms with Crippen LogP contribution in [0, 0.1) is 20.8 Å². The van der Waals surface area contributed by atoms with E-state index >= 15 is 0 Å². The number of ether oxygens (including phenoxy) is 1. The van der Waals surface area contributed by atoms with Gasteiger partial charge >= 0.3 is 5.97 Å². The van der Waals surface area contributed by atoms with Gasteiger partial charge in [-0.25, -0.2) is 4.79 Å². The van der Waals surface area contributed by atoms with Gasteiger partial charge in [-0.2, -0.15) is 0 Å². The predicted octanol–water partition coefficient (Wildman–Crippen LogP) is 4.35. The number of aryl methyl sites for hydroxylation is 5. The zero-order chi connectivity index (χ0) is 18.1. The van der Waals surface area contributed by atoms with Crippen LogP contribution in [0.4, 0.5) is 5.69 Å². The van der Waals surface area contributed by atoms with Crippen molar-refractivity contribution in [3.05, 3.63) is 50.2 Å². The third kappa shape index (κ3) is 3.76. The van der Waals surface area contributed by atoms with Gasteiger partial charge in [0.25, 0.3) is 5.91 Å². The number of fused-ring (bicyclic) bond motifs is 1. The molecule has 0 unspecified atom stereocenters. The number of thiophene rings is 1. The maximum Gasteiger partial charge on any atom is 0.349 e. The van der Waals surface area contributed by atoms with E-state index in [2.05, 4.69) is 5.32 Å². The third-order valence-corrected chi connectivity index (χ3v) is 5.74. The highest BCUT2D eigenvalue weighted by molar-refractivity contribution is 7.14. The monoisotopic (exact) mass is 357 g/mol. The van der Waals surface area contributed by atoms with E-state index in [9.17, 15) is 9.59 Å². The first-order valence-electron chi connectivity index (χ1n) is 8.56. The van der Waals surface area contributed by atoms with Crippen LogP contribution in [0.1, 0.15) is 50.1 Å². The van der Waals surface area contributed by atoms with Crippen molar-refractivity contribution in [2.75, 3.05) is 5.32 Å². The number of carbonyl (C=O) groups is 2. The van der Waals surface area contributed by atoms with Crippen LogP contribution in [0.2, 0.25) is 0 Å². The Balaban J connectivity index is 1.65. The predicted molar refractivity (Wildman–Crippen MR) is 101 cm³/mol. The molecular formula is C20H23NO3S. The molecule has 1 atom stereocenters. The average Bonchev–Trinajstić information content (AvgIpc) is 3.11. The molecule has 0 radical (unpaired) electrons. The van der Waals surface area contributed by atoms with Crippen LogP contribution in [0.25, 0.3) is 0 Å². The van der Waals surface area contributed by atoms with E-state index in [0.29, 0.717) is 4.88 Å². The zero-order valence-corrected chi connectivity index (χ0v) is 15.9. The molecule has 0 saturated carbocycles. The van der Waals surface area contributed by atoms with Gasteiger partial charge in [0, 0.05) is 10.6 Å². The van der Waals surface area contributed by atoms with E-state index in [4.69, 9.17) is 4.74 Å². The van der Waals surface area contributed by atoms with Gasteiger partial charge in [-0.1, -0.05) is 17.7 Å². The van der Waals surface area contributed by atoms with E-state index in [1.807, 2.05) is 39.0 Å². The van der Waals surface area contributed by atoms with E-state index in [1.165, 1.54) is 21.8 Å². The summed E-state index contributed by atoms with van der Waals surface area (Å²) in [5, 5.41) is 2.89. The normalized spacial score (nSPS) is 14.1. The largest absolute Gasteiger partial charge is 0.448 e. The van der Waals surface area contributed by atoms with E-state index < -0.39 is 12.1 Å². The number of benzene rings is 1. The van der Waals surface area contributed by atoms with Crippen LogP contribution in [0.5, 0.6) is 0 Å². The van der Waals surface area contributed by atoms with E-state index in [-0.39, 0.29) is 5.91 Å². The molecule has 4 nitrogen and oxygen atoms in total. The van der Waals surface area contributed by atoms with Gasteiger partial charge in [0.2, 0.25) is 0 Å². The second-order valence-electron chi connectivity index (χ2n) is 6.72. The molecule has 1 aliphatic carbocycles. The number of hydrogen-bond donors (Lipinski definition) is 1. The third-order valence-electron chi connectivity index (χ3n) is 4.53. The molecular weight excluding hydrogens is 334 g/mol. The van der Waals surface area contributed by atoms with Gasteiger partial charge in [0.15, 0.2) is 6.10 Å². The summed E-state index contributed by atoms with van der Waals surface area (Å²) in [5.41, 5.74) is 5.19. The molecule has 5 heteroatoms. The van der Waals surface area contributed by atoms with E-state index in [0.717, 1.165) is 41.6 Å². The second kappa shape index (κ2) is 7.00. The molecule has 25 heavy (non-hydrogen) atoms. The fourth-order valence-corrected chi connectivity index (χ4v) is 4.44. The molecule has 1 heterocycles. The number of rotatable bonds is 4. The Bertz CT molecular complexity index is 793. The number of nitrogens with one attached hydrogen (secondary N) is 1. The summed E-state index contributed by atoms with van der Waals surface area (Å²) in [6.07, 6.45) is 2.38. The van der Waals surface area contributed by atoms with Crippen molar-refractivity contribution >= 4 is 28.9 Å². The summed E-state index contributed by atoms with van der Waals surface area (Å²) in [6.45, 7) is 7.54. The zero-order valence-electron chi connectivity index (χ0n) is 15.1. The molecule has 0 aliphatic heterocycles. The number of esters is 1. The van der Waals surface area contributed by atoms with Crippen LogP contribution in [0.15, 0.2) is 18.2 Å². The Morgan fingerprint density at radius 3 is 2.44 bits per heavy atom. The second-order valence-corrected chi connectivity index (χ2v) is 7.86. The van der Waals surface area contributed by atoms with Crippen molar-refractivity contribution in [2.45, 2.75) is 53.1 Å². The Morgan fingerprint density at radius 2 is 1.80 bits per heavy atom. The lowest BCUT2D eigenvalue weighted by atomic mass is 10.0. The summed E-state index contributed by atoms with van der Waals surface area (Å²) < 4.78 is 5.37. The molecule has 1 aliphatic rings. The maximum absolute atomic E-state index is 12.4. The lowest BCUT2D eigenvalue weighted by Crippen LogP contribution is -2.30. The lowest BCUT2D eigenvalue weighted by Gasteiger charge is -2.16. The van der Waals surface area contributed by atoms with Gasteiger partial charge in [-0.3, -0.25) is 4.79 Å². The van der Waals surface area contributed by atoms with E-state index in [1.54, 1.807) is 6.92 Å². The fourth-order valence-electron chi connectivity index (χ4n) is 3.30. The number of anilines is 1. The van der Waals surface area contributed by atoms with Crippen LogP contribution in [0.3, 0.4) is 0 Å². The molecule has 0 spiro atoms. The highest BCUT2D eigenvalue weighted by Crippen LogP contribution is 2.31. The van der Waals surface area contributed by atoms with Gasteiger partial charge < -0.3 is 10.1 Å². The Morgan fingerprint density at radius 1 is 1.12 bits per heavy atom. The molecule has 0 bridgehead atoms. The Kier molecular flexibility index (Phi) is 4.95. The smallest absolute Gasteiger partial charge is 0.349 e. The summed E-state index contributed by atoms with van der Waals surface area (Å²) in [4.78, 5) is 26.6. The first-order valence-corrected chi connectivity index (χ1v) is 9.38. The summed E-state index contributed by atoms with van der Waals surface area (Å²) in [7, 11) is 0. The lowest BCUT2D eigenvalue weighted by molar-refractivity contribution is -0.123. The Hall–Kier alpha value is -2.14. The van der Waals surface area contributed by atoms with Crippen molar-refractivity contribution in [1.29, 1.82) is 0 Å². The Labute approximate surface area is 152 Å². The molecule has 3 rings (SSSR count). The summed E-state index contributed by atoms with van der Waals surface area (Å²) in [5.74, 6) is -0.730. The van der Waals surface area contributed by atoms with Crippen LogP contribution in [-0.4, -0.2) is 18.0 Å². The molecule has 1 N–H and O–H groups in total. The first kappa shape index (κ1) is 17.7. The first-order chi connectivity index (χ1) is 11.8. The van der Waals surface area contributed by atoms with Crippen LogP contribution >= 0.6 is 11.3 Å². The molecule has 132 valence electrons. The maximum atomic E-state index is 12.4. The summed E-state index contributed by atoms with van der Waals surface area (Å²) >= 11 is 1.49. The molecule has 2 aromatic rings. The van der Waals surface area contributed by atoms with Crippen molar-refractivity contribution in [3.63, 3.8) is 0 Å². The van der Waals surface area contributed by atoms with Crippen molar-refractivity contribution in [2.24, 2.45) is 0 Å². The quantitative estimate of drug-likeness (QED) is 0.828. The fraction of sp³-hybridized carbons (Fsp3) is 0.400.